The third-order valence-corrected chi connectivity index (χ3v) is 3.68. The second kappa shape index (κ2) is 3.56. The molecule has 0 bridgehead atoms. The zero-order valence-corrected chi connectivity index (χ0v) is 8.39. The maximum absolute atomic E-state index is 11.0. The van der Waals surface area contributed by atoms with Crippen molar-refractivity contribution in [1.82, 2.24) is 0 Å². The monoisotopic (exact) mass is 189 g/mol. The Kier molecular flexibility index (Phi) is 2.88. The van der Waals surface area contributed by atoms with E-state index in [4.69, 9.17) is 0 Å². The summed E-state index contributed by atoms with van der Waals surface area (Å²) in [6.45, 7) is 3.90. The van der Waals surface area contributed by atoms with Gasteiger partial charge in [-0.15, -0.1) is 0 Å². The van der Waals surface area contributed by atoms with Crippen LogP contribution in [0.3, 0.4) is 0 Å². The number of rotatable bonds is 1. The number of aliphatic imine (C=N–C) groups is 1. The molecule has 0 unspecified atom stereocenters. The molecule has 1 heterocycles. The van der Waals surface area contributed by atoms with E-state index in [1.807, 2.05) is 13.8 Å². The Morgan fingerprint density at radius 2 is 1.75 bits per heavy atom. The molecule has 1 fully saturated rings. The molecule has 12 heavy (non-hydrogen) atoms. The largest absolute Gasteiger partial charge is 0.291 e. The van der Waals surface area contributed by atoms with Crippen LogP contribution < -0.4 is 0 Å². The average Bonchev–Trinajstić information content (AvgIpc) is 1.93. The Hall–Kier alpha value is -0.380. The SMILES string of the molecule is CC(C)=NC1CCS(=O)(=O)CC1. The fourth-order valence-electron chi connectivity index (χ4n) is 1.37. The summed E-state index contributed by atoms with van der Waals surface area (Å²) in [7, 11) is -2.72. The molecule has 70 valence electrons. The van der Waals surface area contributed by atoms with E-state index >= 15 is 0 Å². The van der Waals surface area contributed by atoms with Crippen LogP contribution in [0.2, 0.25) is 0 Å². The quantitative estimate of drug-likeness (QED) is 0.579. The number of sulfone groups is 1. The van der Waals surface area contributed by atoms with Crippen molar-refractivity contribution in [2.75, 3.05) is 11.5 Å². The van der Waals surface area contributed by atoms with Crippen LogP contribution in [0.15, 0.2) is 4.99 Å². The van der Waals surface area contributed by atoms with Crippen molar-refractivity contribution in [1.29, 1.82) is 0 Å². The van der Waals surface area contributed by atoms with Gasteiger partial charge in [0.05, 0.1) is 17.5 Å². The average molecular weight is 189 g/mol. The summed E-state index contributed by atoms with van der Waals surface area (Å²) in [5.41, 5.74) is 1.04. The van der Waals surface area contributed by atoms with Crippen LogP contribution in [0.1, 0.15) is 26.7 Å². The van der Waals surface area contributed by atoms with Gasteiger partial charge in [0.2, 0.25) is 0 Å². The van der Waals surface area contributed by atoms with Crippen LogP contribution in [0, 0.1) is 0 Å². The van der Waals surface area contributed by atoms with Crippen molar-refractivity contribution in [3.05, 3.63) is 0 Å². The summed E-state index contributed by atoms with van der Waals surface area (Å²) < 4.78 is 22.1. The summed E-state index contributed by atoms with van der Waals surface area (Å²) >= 11 is 0. The molecule has 0 aromatic heterocycles. The fraction of sp³-hybridized carbons (Fsp3) is 0.875. The Bertz CT molecular complexity index is 261. The molecule has 0 aromatic carbocycles. The maximum atomic E-state index is 11.0. The zero-order valence-electron chi connectivity index (χ0n) is 7.58. The molecule has 0 aromatic rings. The molecule has 1 aliphatic heterocycles. The maximum Gasteiger partial charge on any atom is 0.150 e. The van der Waals surface area contributed by atoms with Crippen molar-refractivity contribution in [2.45, 2.75) is 32.7 Å². The lowest BCUT2D eigenvalue weighted by atomic mass is 10.2. The van der Waals surface area contributed by atoms with E-state index in [1.165, 1.54) is 0 Å². The van der Waals surface area contributed by atoms with Gasteiger partial charge >= 0.3 is 0 Å². The fourth-order valence-corrected chi connectivity index (χ4v) is 2.84. The van der Waals surface area contributed by atoms with Gasteiger partial charge in [-0.25, -0.2) is 8.42 Å². The molecule has 1 aliphatic rings. The van der Waals surface area contributed by atoms with Gasteiger partial charge in [0.15, 0.2) is 0 Å². The first-order valence-electron chi connectivity index (χ1n) is 4.21. The second-order valence-electron chi connectivity index (χ2n) is 3.46. The summed E-state index contributed by atoms with van der Waals surface area (Å²) in [5.74, 6) is 0.628. The minimum Gasteiger partial charge on any atom is -0.291 e. The van der Waals surface area contributed by atoms with Gasteiger partial charge < -0.3 is 0 Å². The van der Waals surface area contributed by atoms with Gasteiger partial charge in [0, 0.05) is 5.71 Å². The van der Waals surface area contributed by atoms with Crippen molar-refractivity contribution in [2.24, 2.45) is 4.99 Å². The predicted octanol–water partition coefficient (Wildman–Crippen LogP) is 1.04. The van der Waals surface area contributed by atoms with Gasteiger partial charge in [-0.05, 0) is 26.7 Å². The summed E-state index contributed by atoms with van der Waals surface area (Å²) in [6.07, 6.45) is 1.40. The summed E-state index contributed by atoms with van der Waals surface area (Å²) in [5, 5.41) is 0. The topological polar surface area (TPSA) is 46.5 Å². The minimum atomic E-state index is -2.72. The molecule has 0 aliphatic carbocycles. The normalized spacial score (nSPS) is 23.5. The third-order valence-electron chi connectivity index (χ3n) is 1.96. The molecular weight excluding hydrogens is 174 g/mol. The van der Waals surface area contributed by atoms with E-state index < -0.39 is 9.84 Å². The first kappa shape index (κ1) is 9.71. The van der Waals surface area contributed by atoms with Gasteiger partial charge in [-0.3, -0.25) is 4.99 Å². The minimum absolute atomic E-state index is 0.249. The third kappa shape index (κ3) is 2.93. The Morgan fingerprint density at radius 1 is 1.25 bits per heavy atom. The molecule has 4 heteroatoms. The van der Waals surface area contributed by atoms with Crippen LogP contribution in [-0.2, 0) is 9.84 Å². The molecule has 0 atom stereocenters. The van der Waals surface area contributed by atoms with Crippen LogP contribution in [-0.4, -0.2) is 31.7 Å². The molecule has 0 N–H and O–H groups in total. The van der Waals surface area contributed by atoms with Gasteiger partial charge in [0.1, 0.15) is 9.84 Å². The van der Waals surface area contributed by atoms with Crippen LogP contribution in [0.25, 0.3) is 0 Å². The van der Waals surface area contributed by atoms with E-state index in [2.05, 4.69) is 4.99 Å². The first-order valence-corrected chi connectivity index (χ1v) is 6.03. The lowest BCUT2D eigenvalue weighted by molar-refractivity contribution is 0.548. The number of nitrogens with zero attached hydrogens (tertiary/aromatic N) is 1. The van der Waals surface area contributed by atoms with Gasteiger partial charge in [-0.1, -0.05) is 0 Å². The predicted molar refractivity (Wildman–Crippen MR) is 50.5 cm³/mol. The molecule has 0 saturated carbocycles. The second-order valence-corrected chi connectivity index (χ2v) is 5.76. The number of hydrogen-bond acceptors (Lipinski definition) is 3. The van der Waals surface area contributed by atoms with E-state index in [9.17, 15) is 8.42 Å². The molecule has 1 saturated heterocycles. The molecule has 1 rings (SSSR count). The molecular formula is C8H15NO2S. The highest BCUT2D eigenvalue weighted by molar-refractivity contribution is 7.91. The standard InChI is InChI=1S/C8H15NO2S/c1-7(2)9-8-3-5-12(10,11)6-4-8/h8H,3-6H2,1-2H3. The highest BCUT2D eigenvalue weighted by Gasteiger charge is 2.22. The van der Waals surface area contributed by atoms with Crippen molar-refractivity contribution in [3.8, 4) is 0 Å². The van der Waals surface area contributed by atoms with E-state index in [1.54, 1.807) is 0 Å². The van der Waals surface area contributed by atoms with Crippen LogP contribution >= 0.6 is 0 Å². The zero-order chi connectivity index (χ0) is 9.19. The molecule has 3 nitrogen and oxygen atoms in total. The Labute approximate surface area is 73.8 Å². The van der Waals surface area contributed by atoms with Gasteiger partial charge in [-0.2, -0.15) is 0 Å². The smallest absolute Gasteiger partial charge is 0.150 e. The Morgan fingerprint density at radius 3 is 2.17 bits per heavy atom. The van der Waals surface area contributed by atoms with Crippen molar-refractivity contribution < 1.29 is 8.42 Å². The van der Waals surface area contributed by atoms with E-state index in [0.717, 1.165) is 5.71 Å². The van der Waals surface area contributed by atoms with Crippen molar-refractivity contribution in [3.63, 3.8) is 0 Å². The molecule has 0 radical (unpaired) electrons. The first-order chi connectivity index (χ1) is 5.49. The lowest BCUT2D eigenvalue weighted by Crippen LogP contribution is -2.26. The van der Waals surface area contributed by atoms with E-state index in [0.29, 0.717) is 24.3 Å². The van der Waals surface area contributed by atoms with E-state index in [-0.39, 0.29) is 6.04 Å². The highest BCUT2D eigenvalue weighted by atomic mass is 32.2. The van der Waals surface area contributed by atoms with Crippen LogP contribution in [0.5, 0.6) is 0 Å². The highest BCUT2D eigenvalue weighted by Crippen LogP contribution is 2.15. The Balaban J connectivity index is 2.53. The van der Waals surface area contributed by atoms with Gasteiger partial charge in [0.25, 0.3) is 0 Å². The van der Waals surface area contributed by atoms with Crippen molar-refractivity contribution >= 4 is 15.5 Å². The summed E-state index contributed by atoms with van der Waals surface area (Å²) in [6, 6.07) is 0.249. The molecule has 0 amide bonds. The summed E-state index contributed by atoms with van der Waals surface area (Å²) in [4.78, 5) is 4.35. The lowest BCUT2D eigenvalue weighted by Gasteiger charge is -2.18. The molecule has 0 spiro atoms. The number of hydrogen-bond donors (Lipinski definition) is 0. The van der Waals surface area contributed by atoms with Crippen LogP contribution in [0.4, 0.5) is 0 Å².